The molecule has 28 heavy (non-hydrogen) atoms. The number of aliphatic imine (C=N–C) groups is 1. The minimum absolute atomic E-state index is 0.127. The minimum Gasteiger partial charge on any atom is -0.350 e. The summed E-state index contributed by atoms with van der Waals surface area (Å²) in [4.78, 5) is 21.5. The molecule has 1 amide bonds. The zero-order valence-corrected chi connectivity index (χ0v) is 16.1. The molecule has 1 aliphatic heterocycles. The molecule has 4 fully saturated rings. The number of carbonyl (C=O) groups is 1. The molecule has 1 aromatic heterocycles. The van der Waals surface area contributed by atoms with Gasteiger partial charge < -0.3 is 9.88 Å². The average molecular weight is 375 g/mol. The SMILES string of the molecule is Cn1cnc2ccc(/C=C3\N=C(NC45CC6CC(CC(C6)C4)C5)NC3=O)cc21. The van der Waals surface area contributed by atoms with Crippen LogP contribution in [0, 0.1) is 17.8 Å². The van der Waals surface area contributed by atoms with E-state index in [-0.39, 0.29) is 11.4 Å². The van der Waals surface area contributed by atoms with Crippen molar-refractivity contribution in [3.05, 3.63) is 35.8 Å². The predicted octanol–water partition coefficient (Wildman–Crippen LogP) is 2.96. The molecule has 4 saturated carbocycles. The van der Waals surface area contributed by atoms with Crippen molar-refractivity contribution in [3.63, 3.8) is 0 Å². The molecule has 4 aliphatic carbocycles. The van der Waals surface area contributed by atoms with Gasteiger partial charge in [0.1, 0.15) is 5.70 Å². The molecule has 2 heterocycles. The van der Waals surface area contributed by atoms with E-state index in [1.807, 2.05) is 35.9 Å². The van der Waals surface area contributed by atoms with E-state index in [1.165, 1.54) is 38.5 Å². The summed E-state index contributed by atoms with van der Waals surface area (Å²) in [6.45, 7) is 0. The van der Waals surface area contributed by atoms with Gasteiger partial charge in [0, 0.05) is 12.6 Å². The van der Waals surface area contributed by atoms with Crippen molar-refractivity contribution >= 4 is 29.0 Å². The van der Waals surface area contributed by atoms with Crippen LogP contribution in [-0.4, -0.2) is 27.0 Å². The molecule has 0 radical (unpaired) electrons. The number of guanidine groups is 1. The zero-order valence-electron chi connectivity index (χ0n) is 16.1. The summed E-state index contributed by atoms with van der Waals surface area (Å²) >= 11 is 0. The van der Waals surface area contributed by atoms with Crippen LogP contribution in [0.4, 0.5) is 0 Å². The van der Waals surface area contributed by atoms with Gasteiger partial charge in [-0.15, -0.1) is 0 Å². The fraction of sp³-hybridized carbons (Fsp3) is 0.500. The van der Waals surface area contributed by atoms with E-state index in [0.29, 0.717) is 11.7 Å². The minimum atomic E-state index is -0.127. The van der Waals surface area contributed by atoms with Gasteiger partial charge in [-0.2, -0.15) is 0 Å². The molecule has 7 rings (SSSR count). The molecule has 0 atom stereocenters. The average Bonchev–Trinajstić information content (AvgIpc) is 3.16. The third kappa shape index (κ3) is 2.58. The van der Waals surface area contributed by atoms with Crippen LogP contribution < -0.4 is 10.6 Å². The Bertz CT molecular complexity index is 1010. The zero-order chi connectivity index (χ0) is 18.9. The third-order valence-electron chi connectivity index (χ3n) is 7.17. The van der Waals surface area contributed by atoms with E-state index >= 15 is 0 Å². The highest BCUT2D eigenvalue weighted by Crippen LogP contribution is 2.55. The highest BCUT2D eigenvalue weighted by Gasteiger charge is 2.51. The van der Waals surface area contributed by atoms with E-state index in [1.54, 1.807) is 6.33 Å². The second-order valence-electron chi connectivity index (χ2n) is 9.37. The van der Waals surface area contributed by atoms with Crippen molar-refractivity contribution < 1.29 is 4.79 Å². The number of nitrogens with zero attached hydrogens (tertiary/aromatic N) is 3. The van der Waals surface area contributed by atoms with Crippen LogP contribution in [0.5, 0.6) is 0 Å². The molecular formula is C22H25N5O. The van der Waals surface area contributed by atoms with Crippen LogP contribution in [0.2, 0.25) is 0 Å². The number of nitrogens with one attached hydrogen (secondary N) is 2. The van der Waals surface area contributed by atoms with Gasteiger partial charge >= 0.3 is 0 Å². The molecule has 4 bridgehead atoms. The lowest BCUT2D eigenvalue weighted by Crippen LogP contribution is -2.61. The van der Waals surface area contributed by atoms with E-state index in [9.17, 15) is 4.79 Å². The van der Waals surface area contributed by atoms with Crippen LogP contribution in [0.25, 0.3) is 17.1 Å². The molecule has 5 aliphatic rings. The van der Waals surface area contributed by atoms with Crippen LogP contribution in [0.3, 0.4) is 0 Å². The number of carbonyl (C=O) groups excluding carboxylic acids is 1. The summed E-state index contributed by atoms with van der Waals surface area (Å²) in [6, 6.07) is 6.01. The predicted molar refractivity (Wildman–Crippen MR) is 108 cm³/mol. The lowest BCUT2D eigenvalue weighted by atomic mass is 9.53. The number of hydrogen-bond donors (Lipinski definition) is 2. The van der Waals surface area contributed by atoms with Crippen molar-refractivity contribution in [2.45, 2.75) is 44.1 Å². The number of aromatic nitrogens is 2. The monoisotopic (exact) mass is 375 g/mol. The molecule has 2 aromatic rings. The van der Waals surface area contributed by atoms with Gasteiger partial charge in [0.15, 0.2) is 0 Å². The second kappa shape index (κ2) is 5.69. The van der Waals surface area contributed by atoms with E-state index in [0.717, 1.165) is 34.4 Å². The first-order valence-corrected chi connectivity index (χ1v) is 10.4. The Morgan fingerprint density at radius 3 is 2.61 bits per heavy atom. The van der Waals surface area contributed by atoms with E-state index in [4.69, 9.17) is 0 Å². The smallest absolute Gasteiger partial charge is 0.276 e. The van der Waals surface area contributed by atoms with Gasteiger partial charge in [0.25, 0.3) is 5.91 Å². The summed E-state index contributed by atoms with van der Waals surface area (Å²) in [7, 11) is 1.97. The summed E-state index contributed by atoms with van der Waals surface area (Å²) in [5.74, 6) is 3.09. The maximum Gasteiger partial charge on any atom is 0.276 e. The lowest BCUT2D eigenvalue weighted by Gasteiger charge is -2.57. The molecule has 144 valence electrons. The first-order valence-electron chi connectivity index (χ1n) is 10.4. The van der Waals surface area contributed by atoms with E-state index < -0.39 is 0 Å². The molecule has 2 N–H and O–H groups in total. The van der Waals surface area contributed by atoms with Crippen molar-refractivity contribution in [3.8, 4) is 0 Å². The van der Waals surface area contributed by atoms with Gasteiger partial charge in [-0.05, 0) is 80.1 Å². The summed E-state index contributed by atoms with van der Waals surface area (Å²) in [5, 5.41) is 6.62. The summed E-state index contributed by atoms with van der Waals surface area (Å²) < 4.78 is 1.98. The Labute approximate surface area is 164 Å². The molecule has 6 heteroatoms. The first-order chi connectivity index (χ1) is 13.6. The van der Waals surface area contributed by atoms with Crippen LogP contribution in [-0.2, 0) is 11.8 Å². The number of fused-ring (bicyclic) bond motifs is 1. The first kappa shape index (κ1) is 16.3. The van der Waals surface area contributed by atoms with Gasteiger partial charge in [0.2, 0.25) is 5.96 Å². The van der Waals surface area contributed by atoms with Gasteiger partial charge in [-0.25, -0.2) is 9.98 Å². The highest BCUT2D eigenvalue weighted by molar-refractivity contribution is 6.14. The summed E-state index contributed by atoms with van der Waals surface area (Å²) in [6.07, 6.45) is 11.5. The fourth-order valence-electron chi connectivity index (χ4n) is 6.43. The van der Waals surface area contributed by atoms with Crippen molar-refractivity contribution in [2.24, 2.45) is 29.8 Å². The van der Waals surface area contributed by atoms with Gasteiger partial charge in [0.05, 0.1) is 17.4 Å². The lowest BCUT2D eigenvalue weighted by molar-refractivity contribution is -0.115. The van der Waals surface area contributed by atoms with Gasteiger partial charge in [-0.3, -0.25) is 10.1 Å². The molecule has 0 unspecified atom stereocenters. The normalized spacial score (nSPS) is 34.9. The fourth-order valence-corrected chi connectivity index (χ4v) is 6.43. The van der Waals surface area contributed by atoms with Crippen molar-refractivity contribution in [1.29, 1.82) is 0 Å². The number of aryl methyl sites for hydroxylation is 1. The van der Waals surface area contributed by atoms with Crippen LogP contribution in [0.15, 0.2) is 35.2 Å². The standard InChI is InChI=1S/C22H25N5O/c1-27-12-23-17-3-2-13(8-19(17)27)7-18-20(28)25-21(24-18)26-22-9-14-4-15(10-22)6-16(5-14)11-22/h2-3,7-8,12,14-16H,4-6,9-11H2,1H3,(H2,24,25,26,28)/b18-7-. The number of hydrogen-bond acceptors (Lipinski definition) is 4. The number of benzene rings is 1. The molecule has 6 nitrogen and oxygen atoms in total. The summed E-state index contributed by atoms with van der Waals surface area (Å²) in [5.41, 5.74) is 3.57. The highest BCUT2D eigenvalue weighted by atomic mass is 16.2. The van der Waals surface area contributed by atoms with Crippen molar-refractivity contribution in [2.75, 3.05) is 0 Å². The number of imidazole rings is 1. The number of amides is 1. The Morgan fingerprint density at radius 1 is 1.18 bits per heavy atom. The Balaban J connectivity index is 1.27. The third-order valence-corrected chi connectivity index (χ3v) is 7.17. The largest absolute Gasteiger partial charge is 0.350 e. The maximum atomic E-state index is 12.5. The second-order valence-corrected chi connectivity index (χ2v) is 9.37. The molecule has 0 saturated heterocycles. The Morgan fingerprint density at radius 2 is 1.89 bits per heavy atom. The molecule has 0 spiro atoms. The quantitative estimate of drug-likeness (QED) is 0.793. The van der Waals surface area contributed by atoms with Crippen LogP contribution in [0.1, 0.15) is 44.1 Å². The molecular weight excluding hydrogens is 350 g/mol. The topological polar surface area (TPSA) is 71.3 Å². The van der Waals surface area contributed by atoms with Crippen LogP contribution >= 0.6 is 0 Å². The van der Waals surface area contributed by atoms with Crippen molar-refractivity contribution in [1.82, 2.24) is 20.2 Å². The Hall–Kier alpha value is -2.63. The van der Waals surface area contributed by atoms with E-state index in [2.05, 4.69) is 20.6 Å². The number of rotatable bonds is 2. The molecule has 1 aromatic carbocycles. The Kier molecular flexibility index (Phi) is 3.32. The maximum absolute atomic E-state index is 12.5. The van der Waals surface area contributed by atoms with Gasteiger partial charge in [-0.1, -0.05) is 6.07 Å².